The molecule has 10 amide bonds. The van der Waals surface area contributed by atoms with Crippen LogP contribution in [-0.2, 0) is 89.5 Å². The van der Waals surface area contributed by atoms with Gasteiger partial charge in [-0.05, 0) is 144 Å². The molecule has 9 rings (SSSR count). The number of imide groups is 1. The number of carbonyl (C=O) groups is 12. The Hall–Kier alpha value is -9.71. The number of alkyl halides is 2. The first-order valence-corrected chi connectivity index (χ1v) is 35.6. The minimum absolute atomic E-state index is 0.0171. The molecule has 29 nitrogen and oxygen atoms in total. The van der Waals surface area contributed by atoms with Crippen LogP contribution >= 0.6 is 18.9 Å². The second-order valence-electron chi connectivity index (χ2n) is 25.7. The molecule has 0 spiro atoms. The highest BCUT2D eigenvalue weighted by molar-refractivity contribution is 7.54. The van der Waals surface area contributed by atoms with E-state index in [0.717, 1.165) is 48.8 Å². The van der Waals surface area contributed by atoms with Crippen molar-refractivity contribution in [1.29, 1.82) is 0 Å². The zero-order valence-corrected chi connectivity index (χ0v) is 58.5. The Morgan fingerprint density at radius 2 is 1.50 bits per heavy atom. The van der Waals surface area contributed by atoms with Crippen LogP contribution in [0.4, 0.5) is 31.9 Å². The van der Waals surface area contributed by atoms with E-state index in [-0.39, 0.29) is 97.1 Å². The molecule has 0 saturated carbocycles. The second kappa shape index (κ2) is 34.1. The number of thiophene rings is 1. The molecule has 3 aromatic carbocycles. The van der Waals surface area contributed by atoms with Crippen LogP contribution in [0.25, 0.3) is 10.1 Å². The molecule has 1 aromatic heterocycles. The first kappa shape index (κ1) is 77.4. The van der Waals surface area contributed by atoms with Crippen molar-refractivity contribution in [2.75, 3.05) is 46.9 Å². The number of benzene rings is 3. The number of methoxy groups -OCH3 is 1. The topological polar surface area (TPSA) is 374 Å². The number of halogens is 4. The van der Waals surface area contributed by atoms with Gasteiger partial charge in [-0.2, -0.15) is 8.78 Å². The maximum absolute atomic E-state index is 16.5. The van der Waals surface area contributed by atoms with E-state index in [4.69, 9.17) is 29.0 Å². The van der Waals surface area contributed by atoms with Crippen molar-refractivity contribution in [1.82, 2.24) is 40.9 Å². The third-order valence-electron chi connectivity index (χ3n) is 17.9. The van der Waals surface area contributed by atoms with Crippen molar-refractivity contribution in [3.63, 3.8) is 0 Å². The third kappa shape index (κ3) is 19.1. The van der Waals surface area contributed by atoms with Gasteiger partial charge >= 0.3 is 31.7 Å². The van der Waals surface area contributed by atoms with Crippen LogP contribution in [0.3, 0.4) is 0 Å². The van der Waals surface area contributed by atoms with Crippen molar-refractivity contribution in [2.45, 2.75) is 165 Å². The summed E-state index contributed by atoms with van der Waals surface area (Å²) in [7, 11) is -4.74. The van der Waals surface area contributed by atoms with Gasteiger partial charge < -0.3 is 65.0 Å². The Bertz CT molecular complexity index is 4040. The molecule has 4 saturated heterocycles. The predicted molar refractivity (Wildman–Crippen MR) is 354 cm³/mol. The third-order valence-corrected chi connectivity index (χ3v) is 20.8. The zero-order chi connectivity index (χ0) is 74.6. The fourth-order valence-corrected chi connectivity index (χ4v) is 14.9. The minimum Gasteiger partial charge on any atom is -0.453 e. The fourth-order valence-electron chi connectivity index (χ4n) is 12.7. The van der Waals surface area contributed by atoms with Gasteiger partial charge in [-0.25, -0.2) is 23.2 Å². The lowest BCUT2D eigenvalue weighted by atomic mass is 9.91. The molecule has 5 aliphatic heterocycles. The summed E-state index contributed by atoms with van der Waals surface area (Å²) < 4.78 is 110. The first-order valence-electron chi connectivity index (χ1n) is 33.2. The molecule has 35 heteroatoms. The Morgan fingerprint density at radius 3 is 2.15 bits per heavy atom. The number of nitrogens with two attached hydrogens (primary N) is 1. The predicted octanol–water partition coefficient (Wildman–Crippen LogP) is 6.73. The van der Waals surface area contributed by atoms with Crippen LogP contribution in [0, 0.1) is 29.4 Å². The summed E-state index contributed by atoms with van der Waals surface area (Å²) in [5.74, 6) is -2.33. The van der Waals surface area contributed by atoms with Gasteiger partial charge in [0.15, 0.2) is 11.6 Å². The summed E-state index contributed by atoms with van der Waals surface area (Å²) in [5.41, 5.74) is 1.82. The minimum atomic E-state index is -5.84. The summed E-state index contributed by atoms with van der Waals surface area (Å²) in [6.45, 7) is 3.14. The van der Waals surface area contributed by atoms with Gasteiger partial charge in [-0.15, -0.1) is 11.3 Å². The molecule has 103 heavy (non-hydrogen) atoms. The fraction of sp³-hybridized carbons (Fsp3) is 0.500. The number of likely N-dealkylation sites (tertiary alicyclic amines) is 1. The maximum atomic E-state index is 16.5. The number of rotatable bonds is 25. The van der Waals surface area contributed by atoms with E-state index in [2.05, 4.69) is 42.6 Å². The summed E-state index contributed by atoms with van der Waals surface area (Å²) in [5, 5.41) is 10.2. The Balaban J connectivity index is 0.874. The van der Waals surface area contributed by atoms with Crippen molar-refractivity contribution < 1.29 is 112 Å². The van der Waals surface area contributed by atoms with E-state index in [1.807, 2.05) is 0 Å². The Morgan fingerprint density at radius 1 is 0.806 bits per heavy atom. The largest absolute Gasteiger partial charge is 0.510 e. The van der Waals surface area contributed by atoms with Crippen LogP contribution in [0.1, 0.15) is 141 Å². The van der Waals surface area contributed by atoms with Crippen molar-refractivity contribution in [3.8, 4) is 11.8 Å². The maximum Gasteiger partial charge on any atom is 0.510 e. The van der Waals surface area contributed by atoms with Gasteiger partial charge in [-0.3, -0.25) is 62.1 Å². The first-order chi connectivity index (χ1) is 48.9. The van der Waals surface area contributed by atoms with E-state index >= 15 is 13.6 Å². The molecule has 6 N–H and O–H groups in total. The monoisotopic (exact) mass is 1480 g/mol. The number of nitrogens with zero attached hydrogens (tertiary/aromatic N) is 4. The SMILES string of the molecule is COC(=O)N1CC[C@H]2CC[C@@H](C(=O)N[C@@H](CCC(N)=O)C(=O)N[C@@H](Cc3ccc(F)c(F)c3)C(=O)N3CCC(CCC#Cc4cccc5c4CN(C4CCC(=O)NC4=O)C5=O)CC3)N2C(=O)[C@@H](NC(=O)c2cc3cc(C(F)(F)P(=O)(OCOC(=O)OC(C)C)OCOC(=O)OC(C)C)ccc3s2)C1. The highest BCUT2D eigenvalue weighted by Crippen LogP contribution is 2.67. The molecule has 5 aliphatic rings. The number of ether oxygens (including phenoxy) is 5. The number of fused-ring (bicyclic) bond motifs is 3. The number of carbonyl (C=O) groups excluding carboxylic acids is 12. The van der Waals surface area contributed by atoms with Crippen LogP contribution in [0.2, 0.25) is 0 Å². The highest BCUT2D eigenvalue weighted by atomic mass is 32.1. The smallest absolute Gasteiger partial charge is 0.453 e. The molecule has 0 bridgehead atoms. The number of nitrogens with one attached hydrogen (secondary N) is 4. The molecule has 6 atom stereocenters. The van der Waals surface area contributed by atoms with Crippen molar-refractivity contribution >= 4 is 101 Å². The summed E-state index contributed by atoms with van der Waals surface area (Å²) >= 11 is 0.775. The van der Waals surface area contributed by atoms with Crippen molar-refractivity contribution in [3.05, 3.63) is 105 Å². The molecule has 4 aromatic rings. The highest BCUT2D eigenvalue weighted by Gasteiger charge is 2.56. The number of hydrogen-bond acceptors (Lipinski definition) is 21. The van der Waals surface area contributed by atoms with Crippen molar-refractivity contribution in [2.24, 2.45) is 11.7 Å². The van der Waals surface area contributed by atoms with Gasteiger partial charge in [0.2, 0.25) is 54.9 Å². The number of amides is 10. The van der Waals surface area contributed by atoms with E-state index in [0.29, 0.717) is 42.4 Å². The van der Waals surface area contributed by atoms with Gasteiger partial charge in [0, 0.05) is 79.3 Å². The van der Waals surface area contributed by atoms with Gasteiger partial charge in [0.1, 0.15) is 30.2 Å². The lowest BCUT2D eigenvalue weighted by Gasteiger charge is -2.38. The molecule has 0 aliphatic carbocycles. The molecular formula is C68H78F4N9O20PS. The molecular weight excluding hydrogens is 1400 g/mol. The second-order valence-corrected chi connectivity index (χ2v) is 28.8. The summed E-state index contributed by atoms with van der Waals surface area (Å²) in [6, 6.07) is 4.57. The molecule has 1 unspecified atom stereocenters. The van der Waals surface area contributed by atoms with Gasteiger partial charge in [0.05, 0.1) is 30.7 Å². The molecule has 4 fully saturated rings. The van der Waals surface area contributed by atoms with Crippen LogP contribution in [0.5, 0.6) is 0 Å². The van der Waals surface area contributed by atoms with Gasteiger partial charge in [-0.1, -0.05) is 30.0 Å². The van der Waals surface area contributed by atoms with E-state index < -0.39 is 178 Å². The van der Waals surface area contributed by atoms with Gasteiger partial charge in [0.25, 0.3) is 11.8 Å². The quantitative estimate of drug-likeness (QED) is 0.00872. The summed E-state index contributed by atoms with van der Waals surface area (Å²) in [4.78, 5) is 166. The van der Waals surface area contributed by atoms with Crippen LogP contribution < -0.4 is 27.0 Å². The van der Waals surface area contributed by atoms with Crippen LogP contribution in [-0.4, -0.2) is 187 Å². The normalized spacial score (nSPS) is 19.3. The molecule has 0 radical (unpaired) electrons. The number of hydrogen-bond donors (Lipinski definition) is 5. The Labute approximate surface area is 592 Å². The standard InChI is InChI=1S/C68H78F4N9O20PS/c1-37(2)100-66(92)96-35-98-102(94,99-36-97-67(93)101-38(3)4)68(71,72)43-14-20-54-42(31-43)32-55(103-54)61(87)76-51-34-79(65(91)95-5)28-25-44-15-18-53(81(44)64(51)90)60(86)74-49(17-21-56(73)82)58(84)75-50(30-40-13-16-47(69)48(70)29-40)63(89)78-26-23-39(24-27-78)9-6-7-10-41-11-8-12-45-46(41)33-80(62(45)88)52-19-22-57(83)77-59(52)85/h8,11-14,16,20,29,31-32,37-39,44,49-53H,6,9,15,17-19,21-28,30,33-36H2,1-5H3,(H2,73,82)(H,74,86)(H,75,84)(H,76,87)(H,77,83,85)/t44-,49+,50+,51+,52?,53+/m1/s1. The molecule has 554 valence electrons. The average molecular weight is 1480 g/mol. The average Bonchev–Trinajstić information content (AvgIpc) is 1.63. The lowest BCUT2D eigenvalue weighted by molar-refractivity contribution is -0.144. The lowest BCUT2D eigenvalue weighted by Crippen LogP contribution is -2.62. The number of piperidine rings is 2. The van der Waals surface area contributed by atoms with E-state index in [1.54, 1.807) is 18.2 Å². The van der Waals surface area contributed by atoms with E-state index in [1.165, 1.54) is 59.4 Å². The summed E-state index contributed by atoms with van der Waals surface area (Å²) in [6.07, 6.45) is -3.53. The molecule has 6 heterocycles. The zero-order valence-electron chi connectivity index (χ0n) is 56.8. The number of primary amides is 1. The Kier molecular flexibility index (Phi) is 25.6. The van der Waals surface area contributed by atoms with E-state index in [9.17, 15) is 66.1 Å². The van der Waals surface area contributed by atoms with Crippen LogP contribution in [0.15, 0.2) is 60.7 Å².